The average Bonchev–Trinajstić information content (AvgIpc) is 3.62. The number of methoxy groups -OCH3 is 1. The van der Waals surface area contributed by atoms with Gasteiger partial charge >= 0.3 is 0 Å². The molecule has 3 aromatic carbocycles. The molecule has 5 rings (SSSR count). The van der Waals surface area contributed by atoms with Crippen LogP contribution in [0.5, 0.6) is 5.75 Å². The molecule has 12 nitrogen and oxygen atoms in total. The van der Waals surface area contributed by atoms with Crippen LogP contribution >= 0.6 is 0 Å². The van der Waals surface area contributed by atoms with Gasteiger partial charge in [-0.3, -0.25) is 20.3 Å². The predicted octanol–water partition coefficient (Wildman–Crippen LogP) is 4.94. The van der Waals surface area contributed by atoms with E-state index in [1.54, 1.807) is 18.3 Å². The van der Waals surface area contributed by atoms with Gasteiger partial charge in [0.15, 0.2) is 0 Å². The molecule has 4 aromatic rings. The molecule has 0 aliphatic carbocycles. The highest BCUT2D eigenvalue weighted by molar-refractivity contribution is 7.92. The second-order valence-electron chi connectivity index (χ2n) is 9.41. The van der Waals surface area contributed by atoms with Crippen molar-refractivity contribution >= 4 is 39.1 Å². The zero-order valence-corrected chi connectivity index (χ0v) is 23.3. The van der Waals surface area contributed by atoms with Gasteiger partial charge in [0.05, 0.1) is 40.9 Å². The van der Waals surface area contributed by atoms with Gasteiger partial charge in [0.2, 0.25) is 0 Å². The van der Waals surface area contributed by atoms with Crippen molar-refractivity contribution in [2.24, 2.45) is 5.10 Å². The Morgan fingerprint density at radius 2 is 1.76 bits per heavy atom. The Balaban J connectivity index is 1.48. The van der Waals surface area contributed by atoms with Crippen molar-refractivity contribution in [2.45, 2.75) is 24.7 Å². The molecule has 0 spiro atoms. The van der Waals surface area contributed by atoms with Crippen molar-refractivity contribution in [1.29, 1.82) is 0 Å². The van der Waals surface area contributed by atoms with Crippen LogP contribution in [0.4, 0.5) is 22.9 Å². The number of hydrazone groups is 1. The van der Waals surface area contributed by atoms with Gasteiger partial charge in [-0.1, -0.05) is 18.2 Å². The summed E-state index contributed by atoms with van der Waals surface area (Å²) in [4.78, 5) is 12.7. The molecule has 0 radical (unpaired) electrons. The molecule has 0 amide bonds. The van der Waals surface area contributed by atoms with Gasteiger partial charge in [-0.25, -0.2) is 13.1 Å². The molecule has 0 bridgehead atoms. The summed E-state index contributed by atoms with van der Waals surface area (Å²) in [5, 5.41) is 20.6. The minimum absolute atomic E-state index is 0.0729. The maximum Gasteiger partial charge on any atom is 0.270 e. The van der Waals surface area contributed by atoms with E-state index in [0.717, 1.165) is 54.8 Å². The number of hydrogen-bond donors (Lipinski definition) is 2. The van der Waals surface area contributed by atoms with Crippen molar-refractivity contribution in [3.8, 4) is 11.4 Å². The number of sulfonamides is 1. The Bertz CT molecular complexity index is 1680. The first-order valence-corrected chi connectivity index (χ1v) is 14.4. The lowest BCUT2D eigenvalue weighted by atomic mass is 10.2. The standard InChI is InChI=1S/C28H29N7O5S/c1-20-25(28(33-16-6-7-17-33)34(31-20)22-8-4-3-5-9-22)19-29-30-26-15-12-23(35(36)37)18-27(26)41(38,39)32-21-10-13-24(40-2)14-11-21/h3-5,8-15,18-19,30,32H,6-7,16-17H2,1-2H3/b29-19+. The Hall–Kier alpha value is -4.91. The number of nitro groups is 1. The number of nitrogens with one attached hydrogen (secondary N) is 2. The number of nitro benzene ring substituents is 1. The summed E-state index contributed by atoms with van der Waals surface area (Å²) in [6.07, 6.45) is 3.74. The quantitative estimate of drug-likeness (QED) is 0.154. The summed E-state index contributed by atoms with van der Waals surface area (Å²) >= 11 is 0. The van der Waals surface area contributed by atoms with Crippen molar-refractivity contribution in [3.63, 3.8) is 0 Å². The number of non-ortho nitro benzene ring substituents is 1. The van der Waals surface area contributed by atoms with Gasteiger partial charge in [0.1, 0.15) is 16.5 Å². The lowest BCUT2D eigenvalue weighted by Gasteiger charge is -2.20. The van der Waals surface area contributed by atoms with Crippen LogP contribution in [-0.2, 0) is 10.0 Å². The van der Waals surface area contributed by atoms with E-state index < -0.39 is 14.9 Å². The minimum atomic E-state index is -4.23. The van der Waals surface area contributed by atoms with Crippen LogP contribution in [0.2, 0.25) is 0 Å². The van der Waals surface area contributed by atoms with Crippen LogP contribution in [0.3, 0.4) is 0 Å². The fourth-order valence-electron chi connectivity index (χ4n) is 4.64. The third-order valence-electron chi connectivity index (χ3n) is 6.67. The number of para-hydroxylation sites is 1. The third kappa shape index (κ3) is 5.99. The summed E-state index contributed by atoms with van der Waals surface area (Å²) in [6, 6.07) is 19.6. The smallest absolute Gasteiger partial charge is 0.270 e. The minimum Gasteiger partial charge on any atom is -0.497 e. The van der Waals surface area contributed by atoms with Crippen molar-refractivity contribution in [1.82, 2.24) is 9.78 Å². The second-order valence-corrected chi connectivity index (χ2v) is 11.1. The molecule has 0 unspecified atom stereocenters. The van der Waals surface area contributed by atoms with E-state index in [1.807, 2.05) is 41.9 Å². The van der Waals surface area contributed by atoms with Gasteiger partial charge in [0, 0.05) is 30.9 Å². The van der Waals surface area contributed by atoms with E-state index in [1.165, 1.54) is 31.4 Å². The molecule has 0 saturated carbocycles. The fourth-order valence-corrected chi connectivity index (χ4v) is 5.87. The molecule has 2 N–H and O–H groups in total. The van der Waals surface area contributed by atoms with Crippen LogP contribution < -0.4 is 19.8 Å². The highest BCUT2D eigenvalue weighted by Crippen LogP contribution is 2.31. The van der Waals surface area contributed by atoms with Gasteiger partial charge in [-0.15, -0.1) is 0 Å². The molecule has 1 aromatic heterocycles. The van der Waals surface area contributed by atoms with Crippen molar-refractivity contribution < 1.29 is 18.1 Å². The number of benzene rings is 3. The van der Waals surface area contributed by atoms with Gasteiger partial charge in [-0.05, 0) is 62.2 Å². The first-order valence-electron chi connectivity index (χ1n) is 12.9. The Morgan fingerprint density at radius 3 is 2.41 bits per heavy atom. The third-order valence-corrected chi connectivity index (χ3v) is 8.10. The molecule has 0 atom stereocenters. The number of hydrogen-bond acceptors (Lipinski definition) is 9. The van der Waals surface area contributed by atoms with Gasteiger partial charge in [0.25, 0.3) is 15.7 Å². The second kappa shape index (κ2) is 11.7. The maximum absolute atomic E-state index is 13.4. The summed E-state index contributed by atoms with van der Waals surface area (Å²) in [5.74, 6) is 1.45. The molecular weight excluding hydrogens is 546 g/mol. The summed E-state index contributed by atoms with van der Waals surface area (Å²) < 4.78 is 36.2. The van der Waals surface area contributed by atoms with E-state index in [-0.39, 0.29) is 22.0 Å². The number of anilines is 3. The molecule has 1 saturated heterocycles. The van der Waals surface area contributed by atoms with Gasteiger partial charge < -0.3 is 9.64 Å². The van der Waals surface area contributed by atoms with Crippen LogP contribution in [0.25, 0.3) is 5.69 Å². The predicted molar refractivity (Wildman–Crippen MR) is 158 cm³/mol. The lowest BCUT2D eigenvalue weighted by molar-refractivity contribution is -0.385. The zero-order valence-electron chi connectivity index (χ0n) is 22.5. The molecule has 1 aliphatic rings. The summed E-state index contributed by atoms with van der Waals surface area (Å²) in [7, 11) is -2.73. The van der Waals surface area contributed by atoms with Crippen LogP contribution in [0.1, 0.15) is 24.1 Å². The molecular formula is C28H29N7O5S. The van der Waals surface area contributed by atoms with Crippen LogP contribution in [0, 0.1) is 17.0 Å². The number of nitrogens with zero attached hydrogens (tertiary/aromatic N) is 5. The van der Waals surface area contributed by atoms with Crippen LogP contribution in [-0.4, -0.2) is 49.5 Å². The van der Waals surface area contributed by atoms with E-state index in [9.17, 15) is 18.5 Å². The van der Waals surface area contributed by atoms with E-state index >= 15 is 0 Å². The normalized spacial score (nSPS) is 13.5. The maximum atomic E-state index is 13.4. The molecule has 13 heteroatoms. The van der Waals surface area contributed by atoms with Crippen LogP contribution in [0.15, 0.2) is 82.8 Å². The van der Waals surface area contributed by atoms with E-state index in [4.69, 9.17) is 9.84 Å². The largest absolute Gasteiger partial charge is 0.497 e. The molecule has 41 heavy (non-hydrogen) atoms. The molecule has 2 heterocycles. The number of aryl methyl sites for hydroxylation is 1. The SMILES string of the molecule is COc1ccc(NS(=O)(=O)c2cc([N+](=O)[O-])ccc2N/N=C/c2c(C)nn(-c3ccccc3)c2N2CCCC2)cc1. The molecule has 1 fully saturated rings. The summed E-state index contributed by atoms with van der Waals surface area (Å²) in [5.41, 5.74) is 5.20. The van der Waals surface area contributed by atoms with Gasteiger partial charge in [-0.2, -0.15) is 10.2 Å². The number of ether oxygens (including phenoxy) is 1. The van der Waals surface area contributed by atoms with Crippen molar-refractivity contribution in [2.75, 3.05) is 35.2 Å². The summed E-state index contributed by atoms with van der Waals surface area (Å²) in [6.45, 7) is 3.66. The Kier molecular flexibility index (Phi) is 7.88. The van der Waals surface area contributed by atoms with Crippen molar-refractivity contribution in [3.05, 3.63) is 94.2 Å². The topological polar surface area (TPSA) is 144 Å². The monoisotopic (exact) mass is 575 g/mol. The first kappa shape index (κ1) is 27.6. The van der Waals surface area contributed by atoms with E-state index in [0.29, 0.717) is 5.75 Å². The number of rotatable bonds is 10. The number of aromatic nitrogens is 2. The zero-order chi connectivity index (χ0) is 29.0. The lowest BCUT2D eigenvalue weighted by Crippen LogP contribution is -2.22. The highest BCUT2D eigenvalue weighted by atomic mass is 32.2. The first-order chi connectivity index (χ1) is 19.8. The molecule has 1 aliphatic heterocycles. The Labute approximate surface area is 237 Å². The molecule has 212 valence electrons. The Morgan fingerprint density at radius 1 is 1.05 bits per heavy atom. The highest BCUT2D eigenvalue weighted by Gasteiger charge is 2.25. The average molecular weight is 576 g/mol. The van der Waals surface area contributed by atoms with E-state index in [2.05, 4.69) is 20.1 Å². The fraction of sp³-hybridized carbons (Fsp3) is 0.214.